The van der Waals surface area contributed by atoms with Crippen LogP contribution in [0.3, 0.4) is 0 Å². The van der Waals surface area contributed by atoms with E-state index in [1.807, 2.05) is 24.3 Å². The number of hydrogen-bond acceptors (Lipinski definition) is 3. The number of nitrogens with zero attached hydrogens (tertiary/aromatic N) is 1. The van der Waals surface area contributed by atoms with Gasteiger partial charge in [0.1, 0.15) is 0 Å². The molecule has 1 aliphatic rings. The highest BCUT2D eigenvalue weighted by Gasteiger charge is 2.36. The van der Waals surface area contributed by atoms with Crippen molar-refractivity contribution in [1.82, 2.24) is 0 Å². The first-order chi connectivity index (χ1) is 13.8. The summed E-state index contributed by atoms with van der Waals surface area (Å²) >= 11 is 6.42. The van der Waals surface area contributed by atoms with Crippen LogP contribution in [0.4, 0.5) is 18.9 Å². The largest absolute Gasteiger partial charge is 0.573 e. The number of anilines is 1. The van der Waals surface area contributed by atoms with Crippen LogP contribution in [0, 0.1) is 0 Å². The van der Waals surface area contributed by atoms with Crippen molar-refractivity contribution in [3.05, 3.63) is 59.1 Å². The number of para-hydroxylation sites is 2. The number of nitrogens with two attached hydrogens (primary N) is 1. The molecule has 0 bridgehead atoms. The highest BCUT2D eigenvalue weighted by molar-refractivity contribution is 14.0. The van der Waals surface area contributed by atoms with Crippen LogP contribution in [0.2, 0.25) is 5.02 Å². The van der Waals surface area contributed by atoms with Crippen LogP contribution in [0.15, 0.2) is 53.5 Å². The molecule has 164 valence electrons. The molecule has 30 heavy (non-hydrogen) atoms. The minimum absolute atomic E-state index is 0. The van der Waals surface area contributed by atoms with Crippen LogP contribution in [-0.4, -0.2) is 32.1 Å². The Morgan fingerprint density at radius 3 is 2.43 bits per heavy atom. The third kappa shape index (κ3) is 6.39. The van der Waals surface area contributed by atoms with Crippen LogP contribution in [-0.2, 0) is 10.2 Å². The number of rotatable bonds is 5. The lowest BCUT2D eigenvalue weighted by atomic mass is 9.74. The highest BCUT2D eigenvalue weighted by atomic mass is 127. The number of aliphatic imine (C=N–C) groups is 1. The molecule has 2 aromatic carbocycles. The van der Waals surface area contributed by atoms with E-state index in [4.69, 9.17) is 22.1 Å². The van der Waals surface area contributed by atoms with Crippen LogP contribution in [0.25, 0.3) is 0 Å². The average Bonchev–Trinajstić information content (AvgIpc) is 2.68. The van der Waals surface area contributed by atoms with Gasteiger partial charge in [-0.15, -0.1) is 37.1 Å². The van der Waals surface area contributed by atoms with Gasteiger partial charge in [-0.2, -0.15) is 0 Å². The number of guanidine groups is 1. The van der Waals surface area contributed by atoms with E-state index in [-0.39, 0.29) is 46.8 Å². The molecule has 0 amide bonds. The molecule has 1 heterocycles. The van der Waals surface area contributed by atoms with Gasteiger partial charge in [-0.3, -0.25) is 4.99 Å². The molecule has 0 aromatic heterocycles. The van der Waals surface area contributed by atoms with Gasteiger partial charge in [0, 0.05) is 23.7 Å². The quantitative estimate of drug-likeness (QED) is 0.297. The maximum absolute atomic E-state index is 12.6. The Morgan fingerprint density at radius 2 is 1.77 bits per heavy atom. The minimum atomic E-state index is -4.81. The Morgan fingerprint density at radius 1 is 1.13 bits per heavy atom. The summed E-state index contributed by atoms with van der Waals surface area (Å²) in [5, 5.41) is 3.33. The summed E-state index contributed by atoms with van der Waals surface area (Å²) in [6.45, 7) is 1.45. The van der Waals surface area contributed by atoms with Gasteiger partial charge < -0.3 is 20.5 Å². The fraction of sp³-hybridized carbons (Fsp3) is 0.350. The second kappa shape index (κ2) is 10.5. The molecule has 0 atom stereocenters. The molecule has 0 saturated carbocycles. The highest BCUT2D eigenvalue weighted by Crippen LogP contribution is 2.39. The molecule has 0 spiro atoms. The van der Waals surface area contributed by atoms with Crippen molar-refractivity contribution in [2.45, 2.75) is 24.6 Å². The van der Waals surface area contributed by atoms with Gasteiger partial charge in [0.2, 0.25) is 0 Å². The molecule has 2 aromatic rings. The summed E-state index contributed by atoms with van der Waals surface area (Å²) in [6, 6.07) is 13.2. The normalized spacial score (nSPS) is 16.5. The smallest absolute Gasteiger partial charge is 0.404 e. The summed E-state index contributed by atoms with van der Waals surface area (Å²) < 4.78 is 47.3. The third-order valence-electron chi connectivity index (χ3n) is 4.82. The lowest BCUT2D eigenvalue weighted by Gasteiger charge is -2.37. The number of ether oxygens (including phenoxy) is 2. The summed E-state index contributed by atoms with van der Waals surface area (Å²) in [5.41, 5.74) is 6.65. The summed E-state index contributed by atoms with van der Waals surface area (Å²) in [6.07, 6.45) is -3.39. The van der Waals surface area contributed by atoms with Gasteiger partial charge in [0.05, 0.1) is 12.2 Å². The minimum Gasteiger partial charge on any atom is -0.404 e. The molecule has 3 rings (SSSR count). The summed E-state index contributed by atoms with van der Waals surface area (Å²) in [5.74, 6) is -0.397. The van der Waals surface area contributed by atoms with E-state index in [9.17, 15) is 13.2 Å². The fourth-order valence-corrected chi connectivity index (χ4v) is 3.70. The molecule has 5 nitrogen and oxygen atoms in total. The van der Waals surface area contributed by atoms with E-state index >= 15 is 0 Å². The Balaban J connectivity index is 0.00000320. The molecule has 1 fully saturated rings. The van der Waals surface area contributed by atoms with Crippen molar-refractivity contribution >= 4 is 47.2 Å². The van der Waals surface area contributed by atoms with Crippen molar-refractivity contribution in [3.8, 4) is 5.75 Å². The van der Waals surface area contributed by atoms with Crippen molar-refractivity contribution in [1.29, 1.82) is 0 Å². The molecule has 0 radical (unpaired) electrons. The van der Waals surface area contributed by atoms with Gasteiger partial charge in [-0.1, -0.05) is 41.9 Å². The lowest BCUT2D eigenvalue weighted by Crippen LogP contribution is -2.38. The first-order valence-corrected chi connectivity index (χ1v) is 9.41. The van der Waals surface area contributed by atoms with Crippen molar-refractivity contribution in [2.24, 2.45) is 10.7 Å². The third-order valence-corrected chi connectivity index (χ3v) is 5.15. The molecule has 0 aliphatic carbocycles. The number of alkyl halides is 3. The van der Waals surface area contributed by atoms with E-state index in [0.717, 1.165) is 5.56 Å². The van der Waals surface area contributed by atoms with E-state index in [1.165, 1.54) is 18.2 Å². The Hall–Kier alpha value is -1.72. The summed E-state index contributed by atoms with van der Waals surface area (Å²) in [4.78, 5) is 4.40. The maximum atomic E-state index is 12.6. The molecule has 1 aliphatic heterocycles. The fourth-order valence-electron chi connectivity index (χ4n) is 3.36. The van der Waals surface area contributed by atoms with Crippen molar-refractivity contribution in [2.75, 3.05) is 25.1 Å². The molecule has 0 unspecified atom stereocenters. The van der Waals surface area contributed by atoms with Gasteiger partial charge >= 0.3 is 6.36 Å². The first kappa shape index (κ1) is 24.5. The van der Waals surface area contributed by atoms with Crippen molar-refractivity contribution in [3.63, 3.8) is 0 Å². The predicted octanol–water partition coefficient (Wildman–Crippen LogP) is 5.33. The second-order valence-electron chi connectivity index (χ2n) is 6.74. The van der Waals surface area contributed by atoms with E-state index in [2.05, 4.69) is 15.0 Å². The molecular formula is C20H22ClF3IN3O2. The van der Waals surface area contributed by atoms with Gasteiger partial charge in [0.15, 0.2) is 11.7 Å². The van der Waals surface area contributed by atoms with Crippen LogP contribution >= 0.6 is 35.6 Å². The SMILES string of the molecule is I.NC(=NCC1(c2ccccc2Cl)CCOCC1)Nc1ccccc1OC(F)(F)F. The molecule has 3 N–H and O–H groups in total. The van der Waals surface area contributed by atoms with Gasteiger partial charge in [0.25, 0.3) is 0 Å². The van der Waals surface area contributed by atoms with Crippen LogP contribution < -0.4 is 15.8 Å². The van der Waals surface area contributed by atoms with E-state index in [1.54, 1.807) is 6.07 Å². The Labute approximate surface area is 194 Å². The van der Waals surface area contributed by atoms with E-state index < -0.39 is 6.36 Å². The lowest BCUT2D eigenvalue weighted by molar-refractivity contribution is -0.274. The zero-order valence-corrected chi connectivity index (χ0v) is 19.0. The Bertz CT molecular complexity index is 874. The predicted molar refractivity (Wildman–Crippen MR) is 122 cm³/mol. The number of nitrogens with one attached hydrogen (secondary N) is 1. The molecular weight excluding hydrogens is 534 g/mol. The zero-order chi connectivity index (χ0) is 20.9. The maximum Gasteiger partial charge on any atom is 0.573 e. The number of benzene rings is 2. The van der Waals surface area contributed by atoms with Gasteiger partial charge in [-0.25, -0.2) is 0 Å². The average molecular weight is 556 g/mol. The monoisotopic (exact) mass is 555 g/mol. The topological polar surface area (TPSA) is 68.9 Å². The molecule has 10 heteroatoms. The van der Waals surface area contributed by atoms with Gasteiger partial charge in [-0.05, 0) is 36.6 Å². The zero-order valence-electron chi connectivity index (χ0n) is 15.9. The Kier molecular flexibility index (Phi) is 8.62. The van der Waals surface area contributed by atoms with Crippen LogP contribution in [0.1, 0.15) is 18.4 Å². The number of halogens is 5. The summed E-state index contributed by atoms with van der Waals surface area (Å²) in [7, 11) is 0. The number of hydrogen-bond donors (Lipinski definition) is 2. The van der Waals surface area contributed by atoms with Crippen molar-refractivity contribution < 1.29 is 22.6 Å². The second-order valence-corrected chi connectivity index (χ2v) is 7.15. The van der Waals surface area contributed by atoms with E-state index in [0.29, 0.717) is 37.6 Å². The first-order valence-electron chi connectivity index (χ1n) is 9.04. The standard InChI is InChI=1S/C20H21ClF3N3O2.HI/c21-15-6-2-1-5-14(15)19(9-11-28-12-10-19)13-26-18(25)27-16-7-3-4-8-17(16)29-20(22,23)24;/h1-8H,9-13H2,(H3,25,26,27);1H. The van der Waals surface area contributed by atoms with Crippen LogP contribution in [0.5, 0.6) is 5.75 Å². The molecule has 1 saturated heterocycles.